The molecule has 0 aliphatic rings. The van der Waals surface area contributed by atoms with Gasteiger partial charge in [-0.15, -0.1) is 5.46 Å². The topological polar surface area (TPSA) is 24.4 Å². The first-order chi connectivity index (χ1) is 13.3. The fourth-order valence-electron chi connectivity index (χ4n) is 3.57. The zero-order chi connectivity index (χ0) is 21.1. The van der Waals surface area contributed by atoms with E-state index in [2.05, 4.69) is 17.5 Å². The molecule has 0 spiro atoms. The maximum Gasteiger partial charge on any atom is 0.113 e. The third kappa shape index (κ3) is 7.48. The van der Waals surface area contributed by atoms with Gasteiger partial charge in [-0.25, -0.2) is 0 Å². The highest BCUT2D eigenvalue weighted by atomic mass is 15.3. The zero-order valence-electron chi connectivity index (χ0n) is 18.3. The lowest BCUT2D eigenvalue weighted by atomic mass is 9.16. The van der Waals surface area contributed by atoms with Crippen molar-refractivity contribution in [3.63, 3.8) is 0 Å². The van der Waals surface area contributed by atoms with Gasteiger partial charge in [0.1, 0.15) is 7.85 Å². The van der Waals surface area contributed by atoms with Crippen LogP contribution >= 0.6 is 0 Å². The van der Waals surface area contributed by atoms with E-state index in [9.17, 15) is 0 Å². The lowest BCUT2D eigenvalue weighted by Crippen LogP contribution is -2.47. The summed E-state index contributed by atoms with van der Waals surface area (Å²) in [5.74, 6) is 0. The molecule has 1 aromatic rings. The Labute approximate surface area is 179 Å². The summed E-state index contributed by atoms with van der Waals surface area (Å²) in [6.45, 7) is 7.52. The molecule has 139 valence electrons. The van der Waals surface area contributed by atoms with Gasteiger partial charge in [0.2, 0.25) is 0 Å². The number of unbranched alkanes of at least 4 members (excludes halogenated alkanes) is 7. The van der Waals surface area contributed by atoms with Gasteiger partial charge >= 0.3 is 0 Å². The van der Waals surface area contributed by atoms with Crippen LogP contribution in [0.3, 0.4) is 0 Å². The Morgan fingerprint density at radius 1 is 1.00 bits per heavy atom. The fraction of sp³-hybridized carbons (Fsp3) is 0.650. The second kappa shape index (κ2) is 13.3. The highest BCUT2D eigenvalue weighted by Gasteiger charge is 2.18. The molecule has 0 aliphatic heterocycles. The van der Waals surface area contributed by atoms with Crippen molar-refractivity contribution in [3.05, 3.63) is 11.1 Å². The van der Waals surface area contributed by atoms with Crippen molar-refractivity contribution in [1.29, 1.82) is 0 Å². The van der Waals surface area contributed by atoms with E-state index in [1.165, 1.54) is 52.1 Å². The van der Waals surface area contributed by atoms with Crippen molar-refractivity contribution >= 4 is 72.5 Å². The third-order valence-corrected chi connectivity index (χ3v) is 5.40. The smallest absolute Gasteiger partial charge is 0.113 e. The maximum atomic E-state index is 6.25. The first kappa shape index (κ1) is 25.1. The van der Waals surface area contributed by atoms with Crippen LogP contribution in [0.15, 0.2) is 5.10 Å². The number of anilines is 1. The number of nitrogens with zero attached hydrogens (tertiary/aromatic N) is 1. The molecule has 0 heterocycles. The van der Waals surface area contributed by atoms with E-state index < -0.39 is 6.49 Å². The van der Waals surface area contributed by atoms with E-state index in [0.717, 1.165) is 46.3 Å². The van der Waals surface area contributed by atoms with Crippen LogP contribution in [-0.2, 0) is 0 Å². The second-order valence-electron chi connectivity index (χ2n) is 7.74. The lowest BCUT2D eigenvalue weighted by Gasteiger charge is -2.24. The van der Waals surface area contributed by atoms with Gasteiger partial charge in [-0.05, 0) is 39.2 Å². The molecule has 9 radical (unpaired) electrons. The minimum Gasteiger partial charge on any atom is -0.279 e. The number of nitrogens with one attached hydrogen (secondary N) is 1. The number of hydrogen-bond acceptors (Lipinski definition) is 2. The Morgan fingerprint density at radius 2 is 1.57 bits per heavy atom. The molecule has 0 amide bonds. The Kier molecular flexibility index (Phi) is 12.0. The average molecular weight is 364 g/mol. The Balaban J connectivity index is 2.67. The van der Waals surface area contributed by atoms with Crippen LogP contribution in [0.5, 0.6) is 0 Å². The number of hydrogen-bond donors (Lipinski definition) is 1. The van der Waals surface area contributed by atoms with Crippen LogP contribution in [0, 0.1) is 13.8 Å². The van der Waals surface area contributed by atoms with Crippen molar-refractivity contribution in [1.82, 2.24) is 0 Å². The molecule has 1 aromatic carbocycles. The molecule has 8 heteroatoms. The summed E-state index contributed by atoms with van der Waals surface area (Å²) in [5.41, 5.74) is 8.96. The largest absolute Gasteiger partial charge is 0.279 e. The molecule has 0 saturated heterocycles. The molecule has 0 atom stereocenters. The van der Waals surface area contributed by atoms with E-state index >= 15 is 0 Å². The maximum absolute atomic E-state index is 6.25. The van der Waals surface area contributed by atoms with Crippen LogP contribution < -0.4 is 21.8 Å². The third-order valence-electron chi connectivity index (χ3n) is 5.40. The van der Waals surface area contributed by atoms with Crippen molar-refractivity contribution in [3.8, 4) is 0 Å². The minimum atomic E-state index is -0.635. The van der Waals surface area contributed by atoms with Crippen LogP contribution in [0.4, 0.5) is 5.69 Å². The van der Waals surface area contributed by atoms with Gasteiger partial charge in [-0.2, -0.15) is 5.10 Å². The van der Waals surface area contributed by atoms with Crippen molar-refractivity contribution in [2.45, 2.75) is 85.5 Å². The van der Waals surface area contributed by atoms with Crippen LogP contribution in [-0.4, -0.2) is 50.4 Å². The predicted octanol–water partition coefficient (Wildman–Crippen LogP) is 1.86. The monoisotopic (exact) mass is 365 g/mol. The summed E-state index contributed by atoms with van der Waals surface area (Å²) in [7, 11) is 25.5. The Hall–Kier alpha value is -0.920. The van der Waals surface area contributed by atoms with Gasteiger partial charge in [0.05, 0.1) is 19.4 Å². The second-order valence-corrected chi connectivity index (χ2v) is 7.74. The fourth-order valence-corrected chi connectivity index (χ4v) is 3.57. The average Bonchev–Trinajstić information content (AvgIpc) is 2.65. The molecule has 0 saturated carbocycles. The van der Waals surface area contributed by atoms with Gasteiger partial charge in [0, 0.05) is 28.9 Å². The normalized spacial score (nSPS) is 11.5. The van der Waals surface area contributed by atoms with E-state index in [1.807, 2.05) is 20.8 Å². The van der Waals surface area contributed by atoms with Crippen molar-refractivity contribution in [2.24, 2.45) is 5.10 Å². The quantitative estimate of drug-likeness (QED) is 0.246. The van der Waals surface area contributed by atoms with E-state index in [4.69, 9.17) is 31.1 Å². The summed E-state index contributed by atoms with van der Waals surface area (Å²) >= 11 is 0. The first-order valence-electron chi connectivity index (χ1n) is 10.6. The van der Waals surface area contributed by atoms with Crippen LogP contribution in [0.2, 0.25) is 0 Å². The molecule has 0 fully saturated rings. The van der Waals surface area contributed by atoms with E-state index in [-0.39, 0.29) is 0 Å². The van der Waals surface area contributed by atoms with Gasteiger partial charge in [0.25, 0.3) is 0 Å². The van der Waals surface area contributed by atoms with Gasteiger partial charge < -0.3 is 0 Å². The Morgan fingerprint density at radius 3 is 2.11 bits per heavy atom. The number of rotatable bonds is 13. The summed E-state index contributed by atoms with van der Waals surface area (Å²) < 4.78 is 0. The van der Waals surface area contributed by atoms with E-state index in [1.54, 1.807) is 0 Å². The van der Waals surface area contributed by atoms with E-state index in [0.29, 0.717) is 5.46 Å². The van der Waals surface area contributed by atoms with Crippen LogP contribution in [0.25, 0.3) is 0 Å². The standard InChI is InChI=1S/C20H31B6N2/c1-5-6-7-8-9-10-11-12-13-14(2)27-28-20-15(3)17(21)18(25-22)16(4)19(20)26(23)24/h28H,5-13H2,1-4H3. The van der Waals surface area contributed by atoms with Gasteiger partial charge in [-0.3, -0.25) is 5.43 Å². The SMILES string of the molecule is [B][B]c1c([B])c(C)c(NN=C(C)CCCCCCCCCC)c(B([B])[B])c1C. The Bertz CT molecular complexity index is 646. The van der Waals surface area contributed by atoms with Crippen LogP contribution in [0.1, 0.15) is 82.8 Å². The predicted molar refractivity (Wildman–Crippen MR) is 133 cm³/mol. The summed E-state index contributed by atoms with van der Waals surface area (Å²) in [4.78, 5) is 0. The van der Waals surface area contributed by atoms with Gasteiger partial charge in [-0.1, -0.05) is 68.4 Å². The highest BCUT2D eigenvalue weighted by molar-refractivity contribution is 7.35. The molecule has 1 rings (SSSR count). The molecule has 0 unspecified atom stereocenters. The molecule has 28 heavy (non-hydrogen) atoms. The molecular weight excluding hydrogens is 333 g/mol. The molecule has 1 N–H and O–H groups in total. The zero-order valence-corrected chi connectivity index (χ0v) is 18.3. The lowest BCUT2D eigenvalue weighted by molar-refractivity contribution is 0.580. The summed E-state index contributed by atoms with van der Waals surface area (Å²) in [6.07, 6.45) is 11.4. The number of benzene rings is 1. The molecule has 2 nitrogen and oxygen atoms in total. The van der Waals surface area contributed by atoms with Gasteiger partial charge in [0.15, 0.2) is 0 Å². The molecule has 0 bridgehead atoms. The minimum absolute atomic E-state index is 0.628. The highest BCUT2D eigenvalue weighted by Crippen LogP contribution is 2.13. The number of hydrazone groups is 1. The first-order valence-corrected chi connectivity index (χ1v) is 10.6. The summed E-state index contributed by atoms with van der Waals surface area (Å²) in [5, 5.41) is 4.55. The molecule has 0 aromatic heterocycles. The molecular formula is C20H31B6N2. The van der Waals surface area contributed by atoms with Crippen molar-refractivity contribution < 1.29 is 0 Å². The summed E-state index contributed by atoms with van der Waals surface area (Å²) in [6, 6.07) is 0. The molecule has 0 aliphatic carbocycles. The van der Waals surface area contributed by atoms with Crippen molar-refractivity contribution in [2.75, 3.05) is 5.43 Å².